The molecule has 0 radical (unpaired) electrons. The van der Waals surface area contributed by atoms with E-state index < -0.39 is 16.1 Å². The standard InChI is InChI=1S/C8H10N2O3S.FH/c9-8(11)10-14(12,13)6-7-4-2-1-3-5-7;/h1-5H,6H2,(H3,9,10,11);1H. The molecule has 1 rings (SSSR count). The van der Waals surface area contributed by atoms with Gasteiger partial charge in [-0.05, 0) is 5.56 Å². The van der Waals surface area contributed by atoms with Crippen LogP contribution in [0, 0.1) is 0 Å². The van der Waals surface area contributed by atoms with Crippen LogP contribution in [0.1, 0.15) is 5.56 Å². The number of hydrogen-bond acceptors (Lipinski definition) is 3. The Labute approximate surface area is 86.7 Å². The maximum absolute atomic E-state index is 11.2. The minimum absolute atomic E-state index is 0. The summed E-state index contributed by atoms with van der Waals surface area (Å²) in [6.07, 6.45) is 0. The molecule has 0 unspecified atom stereocenters. The summed E-state index contributed by atoms with van der Waals surface area (Å²) in [4.78, 5) is 10.3. The first-order valence-electron chi connectivity index (χ1n) is 3.83. The highest BCUT2D eigenvalue weighted by Crippen LogP contribution is 2.03. The van der Waals surface area contributed by atoms with Crippen LogP contribution in [0.2, 0.25) is 0 Å². The van der Waals surface area contributed by atoms with Crippen LogP contribution in [0.25, 0.3) is 0 Å². The highest BCUT2D eigenvalue weighted by atomic mass is 32.2. The van der Waals surface area contributed by atoms with Crippen molar-refractivity contribution in [3.05, 3.63) is 35.9 Å². The molecule has 84 valence electrons. The molecule has 1 aromatic carbocycles. The van der Waals surface area contributed by atoms with E-state index in [2.05, 4.69) is 0 Å². The predicted octanol–water partition coefficient (Wildman–Crippen LogP) is 0.337. The highest BCUT2D eigenvalue weighted by Gasteiger charge is 2.12. The third-order valence-corrected chi connectivity index (χ3v) is 2.68. The quantitative estimate of drug-likeness (QED) is 0.790. The molecule has 5 nitrogen and oxygen atoms in total. The molecular formula is C8H11FN2O3S. The van der Waals surface area contributed by atoms with Crippen molar-refractivity contribution in [2.75, 3.05) is 0 Å². The lowest BCUT2D eigenvalue weighted by molar-refractivity contribution is 0.253. The monoisotopic (exact) mass is 234 g/mol. The van der Waals surface area contributed by atoms with E-state index >= 15 is 0 Å². The van der Waals surface area contributed by atoms with E-state index in [0.29, 0.717) is 5.56 Å². The van der Waals surface area contributed by atoms with Crippen LogP contribution in [-0.2, 0) is 15.8 Å². The van der Waals surface area contributed by atoms with E-state index in [4.69, 9.17) is 5.73 Å². The lowest BCUT2D eigenvalue weighted by atomic mass is 10.2. The van der Waals surface area contributed by atoms with Crippen molar-refractivity contribution in [2.45, 2.75) is 5.75 Å². The molecule has 3 N–H and O–H groups in total. The Morgan fingerprint density at radius 3 is 2.27 bits per heavy atom. The summed E-state index contributed by atoms with van der Waals surface area (Å²) in [5, 5.41) is 0. The smallest absolute Gasteiger partial charge is 0.325 e. The third-order valence-electron chi connectivity index (χ3n) is 1.46. The number of sulfonamides is 1. The van der Waals surface area contributed by atoms with E-state index in [-0.39, 0.29) is 10.5 Å². The van der Waals surface area contributed by atoms with Gasteiger partial charge in [0.1, 0.15) is 0 Å². The van der Waals surface area contributed by atoms with Crippen molar-refractivity contribution >= 4 is 16.1 Å². The van der Waals surface area contributed by atoms with Gasteiger partial charge in [-0.2, -0.15) is 0 Å². The van der Waals surface area contributed by atoms with Crippen molar-refractivity contribution in [1.29, 1.82) is 0 Å². The second-order valence-electron chi connectivity index (χ2n) is 2.71. The molecule has 0 aromatic heterocycles. The highest BCUT2D eigenvalue weighted by molar-refractivity contribution is 7.89. The van der Waals surface area contributed by atoms with Crippen molar-refractivity contribution in [3.8, 4) is 0 Å². The molecule has 0 heterocycles. The van der Waals surface area contributed by atoms with E-state index in [0.717, 1.165) is 0 Å². The fraction of sp³-hybridized carbons (Fsp3) is 0.125. The second kappa shape index (κ2) is 5.30. The summed E-state index contributed by atoms with van der Waals surface area (Å²) in [6.45, 7) is 0. The molecule has 0 spiro atoms. The predicted molar refractivity (Wildman–Crippen MR) is 54.3 cm³/mol. The van der Waals surface area contributed by atoms with Gasteiger partial charge in [0.25, 0.3) is 0 Å². The molecule has 15 heavy (non-hydrogen) atoms. The van der Waals surface area contributed by atoms with Crippen LogP contribution in [0.3, 0.4) is 0 Å². The molecule has 0 fully saturated rings. The zero-order chi connectivity index (χ0) is 10.6. The molecule has 1 aromatic rings. The Bertz CT molecular complexity index is 419. The first-order valence-corrected chi connectivity index (χ1v) is 5.49. The van der Waals surface area contributed by atoms with E-state index in [1.54, 1.807) is 35.1 Å². The van der Waals surface area contributed by atoms with Crippen LogP contribution >= 0.6 is 0 Å². The number of amides is 2. The van der Waals surface area contributed by atoms with Gasteiger partial charge in [-0.3, -0.25) is 4.70 Å². The second-order valence-corrected chi connectivity index (χ2v) is 4.43. The van der Waals surface area contributed by atoms with Gasteiger partial charge in [-0.15, -0.1) is 0 Å². The average molecular weight is 234 g/mol. The number of urea groups is 1. The Hall–Kier alpha value is -1.63. The lowest BCUT2D eigenvalue weighted by Crippen LogP contribution is -2.35. The third kappa shape index (κ3) is 4.96. The molecule has 0 saturated carbocycles. The number of nitrogens with one attached hydrogen (secondary N) is 1. The molecule has 0 aliphatic heterocycles. The van der Waals surface area contributed by atoms with E-state index in [9.17, 15) is 13.2 Å². The molecule has 0 saturated heterocycles. The summed E-state index contributed by atoms with van der Waals surface area (Å²) in [5.74, 6) is -0.253. The number of benzene rings is 1. The van der Waals surface area contributed by atoms with Gasteiger partial charge in [0.15, 0.2) is 0 Å². The first-order chi connectivity index (χ1) is 6.49. The van der Waals surface area contributed by atoms with Crippen LogP contribution < -0.4 is 10.5 Å². The maximum Gasteiger partial charge on any atom is 0.325 e. The van der Waals surface area contributed by atoms with Crippen molar-refractivity contribution in [3.63, 3.8) is 0 Å². The SMILES string of the molecule is F.NC(=O)NS(=O)(=O)Cc1ccccc1. The van der Waals surface area contributed by atoms with Gasteiger partial charge in [-0.25, -0.2) is 17.9 Å². The fourth-order valence-electron chi connectivity index (χ4n) is 0.983. The van der Waals surface area contributed by atoms with Gasteiger partial charge >= 0.3 is 6.03 Å². The van der Waals surface area contributed by atoms with Crippen LogP contribution in [-0.4, -0.2) is 14.4 Å². The summed E-state index contributed by atoms with van der Waals surface area (Å²) in [6, 6.07) is 7.45. The van der Waals surface area contributed by atoms with Gasteiger partial charge < -0.3 is 5.73 Å². The number of carbonyl (C=O) groups is 1. The number of primary amides is 1. The number of carbonyl (C=O) groups excluding carboxylic acids is 1. The Morgan fingerprint density at radius 2 is 1.80 bits per heavy atom. The Balaban J connectivity index is 0.00000196. The molecule has 2 amide bonds. The van der Waals surface area contributed by atoms with Gasteiger partial charge in [0, 0.05) is 0 Å². The van der Waals surface area contributed by atoms with Crippen molar-refractivity contribution in [1.82, 2.24) is 4.72 Å². The molecule has 0 atom stereocenters. The molecule has 0 aliphatic rings. The summed E-state index contributed by atoms with van der Waals surface area (Å²) >= 11 is 0. The zero-order valence-corrected chi connectivity index (χ0v) is 8.53. The van der Waals surface area contributed by atoms with Crippen LogP contribution in [0.4, 0.5) is 9.50 Å². The van der Waals surface area contributed by atoms with Crippen molar-refractivity contribution in [2.24, 2.45) is 5.73 Å². The van der Waals surface area contributed by atoms with Gasteiger partial charge in [0.05, 0.1) is 5.75 Å². The molecule has 0 aliphatic carbocycles. The Morgan fingerprint density at radius 1 is 1.27 bits per heavy atom. The van der Waals surface area contributed by atoms with E-state index in [1.165, 1.54) is 0 Å². The number of halogens is 1. The molecule has 7 heteroatoms. The largest absolute Gasteiger partial charge is 0.351 e. The van der Waals surface area contributed by atoms with Crippen LogP contribution in [0.15, 0.2) is 30.3 Å². The zero-order valence-electron chi connectivity index (χ0n) is 7.71. The van der Waals surface area contributed by atoms with Crippen LogP contribution in [0.5, 0.6) is 0 Å². The minimum atomic E-state index is -3.66. The minimum Gasteiger partial charge on any atom is -0.351 e. The summed E-state index contributed by atoms with van der Waals surface area (Å²) in [7, 11) is -3.66. The normalized spacial score (nSPS) is 10.1. The van der Waals surface area contributed by atoms with Gasteiger partial charge in [-0.1, -0.05) is 30.3 Å². The summed E-state index contributed by atoms with van der Waals surface area (Å²) in [5.41, 5.74) is 5.30. The molecule has 0 bridgehead atoms. The first kappa shape index (κ1) is 13.4. The summed E-state index contributed by atoms with van der Waals surface area (Å²) < 4.78 is 24.1. The fourth-order valence-corrected chi connectivity index (χ4v) is 1.99. The van der Waals surface area contributed by atoms with Crippen molar-refractivity contribution < 1.29 is 17.9 Å². The van der Waals surface area contributed by atoms with Gasteiger partial charge in [0.2, 0.25) is 10.0 Å². The number of hydrogen-bond donors (Lipinski definition) is 2. The van der Waals surface area contributed by atoms with E-state index in [1.807, 2.05) is 0 Å². The molecular weight excluding hydrogens is 223 g/mol. The maximum atomic E-state index is 11.2. The average Bonchev–Trinajstić information content (AvgIpc) is 2.02. The lowest BCUT2D eigenvalue weighted by Gasteiger charge is -2.03. The number of nitrogens with two attached hydrogens (primary N) is 1. The number of rotatable bonds is 3. The topological polar surface area (TPSA) is 89.3 Å². The Kier molecular flexibility index (Phi) is 4.72.